The van der Waals surface area contributed by atoms with Crippen LogP contribution >= 0.6 is 0 Å². The summed E-state index contributed by atoms with van der Waals surface area (Å²) in [6, 6.07) is 12.9. The number of amides is 2. The van der Waals surface area contributed by atoms with Crippen molar-refractivity contribution in [2.75, 3.05) is 19.0 Å². The van der Waals surface area contributed by atoms with Crippen LogP contribution in [0.2, 0.25) is 0 Å². The summed E-state index contributed by atoms with van der Waals surface area (Å²) in [7, 11) is 1.60. The zero-order valence-corrected chi connectivity index (χ0v) is 19.0. The predicted octanol–water partition coefficient (Wildman–Crippen LogP) is 3.66. The van der Waals surface area contributed by atoms with Crippen LogP contribution in [0.25, 0.3) is 0 Å². The number of benzene rings is 2. The molecule has 1 aliphatic rings. The fourth-order valence-corrected chi connectivity index (χ4v) is 3.53. The summed E-state index contributed by atoms with van der Waals surface area (Å²) in [6.07, 6.45) is 5.31. The van der Waals surface area contributed by atoms with Crippen LogP contribution in [-0.4, -0.2) is 46.2 Å². The molecule has 0 fully saturated rings. The van der Waals surface area contributed by atoms with Crippen LogP contribution in [0.1, 0.15) is 41.4 Å². The van der Waals surface area contributed by atoms with Crippen molar-refractivity contribution in [3.05, 3.63) is 77.9 Å². The molecule has 4 rings (SSSR count). The van der Waals surface area contributed by atoms with Gasteiger partial charge in [-0.2, -0.15) is 5.10 Å². The van der Waals surface area contributed by atoms with Crippen LogP contribution in [0, 0.1) is 0 Å². The number of methoxy groups -OCH3 is 1. The highest BCUT2D eigenvalue weighted by Gasteiger charge is 2.22. The molecule has 1 N–H and O–H groups in total. The molecule has 0 aliphatic carbocycles. The van der Waals surface area contributed by atoms with Gasteiger partial charge in [-0.25, -0.2) is 9.99 Å². The maximum absolute atomic E-state index is 12.5. The van der Waals surface area contributed by atoms with Crippen LogP contribution < -0.4 is 14.8 Å². The van der Waals surface area contributed by atoms with E-state index in [-0.39, 0.29) is 17.5 Å². The molecule has 0 atom stereocenters. The molecule has 3 aromatic rings. The topological polar surface area (TPSA) is 106 Å². The second-order valence-electron chi connectivity index (χ2n) is 7.54. The maximum atomic E-state index is 12.5. The maximum Gasteiger partial charge on any atom is 0.275 e. The van der Waals surface area contributed by atoms with E-state index in [1.54, 1.807) is 19.2 Å². The Kier molecular flexibility index (Phi) is 7.12. The summed E-state index contributed by atoms with van der Waals surface area (Å²) in [5.74, 6) is 0.920. The predicted molar refractivity (Wildman–Crippen MR) is 127 cm³/mol. The van der Waals surface area contributed by atoms with Crippen LogP contribution in [0.4, 0.5) is 5.69 Å². The molecule has 174 valence electrons. The SMILES string of the molecule is CCOc1cc(C2=NN(Cc3ccc(NC(=O)c4cnccn4)cc3)C(=O)CC2)ccc1OC. The zero-order chi connectivity index (χ0) is 23.9. The molecular formula is C25H25N5O4. The molecule has 34 heavy (non-hydrogen) atoms. The highest BCUT2D eigenvalue weighted by atomic mass is 16.5. The van der Waals surface area contributed by atoms with Gasteiger partial charge in [-0.1, -0.05) is 12.1 Å². The minimum absolute atomic E-state index is 0.0395. The van der Waals surface area contributed by atoms with E-state index in [0.717, 1.165) is 16.8 Å². The van der Waals surface area contributed by atoms with E-state index in [9.17, 15) is 9.59 Å². The lowest BCUT2D eigenvalue weighted by Gasteiger charge is -2.24. The number of hydrogen-bond acceptors (Lipinski definition) is 7. The summed E-state index contributed by atoms with van der Waals surface area (Å²) in [4.78, 5) is 32.6. The number of anilines is 1. The third kappa shape index (κ3) is 5.37. The summed E-state index contributed by atoms with van der Waals surface area (Å²) < 4.78 is 11.0. The van der Waals surface area contributed by atoms with Gasteiger partial charge in [0.2, 0.25) is 5.91 Å². The van der Waals surface area contributed by atoms with Crippen molar-refractivity contribution < 1.29 is 19.1 Å². The number of carbonyl (C=O) groups is 2. The zero-order valence-electron chi connectivity index (χ0n) is 19.0. The molecule has 9 heteroatoms. The Hall–Kier alpha value is -4.27. The largest absolute Gasteiger partial charge is 0.493 e. The van der Waals surface area contributed by atoms with E-state index in [0.29, 0.717) is 43.2 Å². The molecule has 0 radical (unpaired) electrons. The number of rotatable bonds is 8. The first-order valence-electron chi connectivity index (χ1n) is 10.9. The Morgan fingerprint density at radius 2 is 1.91 bits per heavy atom. The number of ether oxygens (including phenoxy) is 2. The molecule has 9 nitrogen and oxygen atoms in total. The van der Waals surface area contributed by atoms with Gasteiger partial charge < -0.3 is 14.8 Å². The first kappa shape index (κ1) is 22.9. The van der Waals surface area contributed by atoms with E-state index in [1.807, 2.05) is 37.3 Å². The average molecular weight is 460 g/mol. The van der Waals surface area contributed by atoms with Crippen molar-refractivity contribution in [3.63, 3.8) is 0 Å². The fourth-order valence-electron chi connectivity index (χ4n) is 3.53. The Bertz CT molecular complexity index is 1200. The molecule has 0 saturated heterocycles. The minimum atomic E-state index is -0.341. The molecule has 1 aliphatic heterocycles. The lowest BCUT2D eigenvalue weighted by Crippen LogP contribution is -2.31. The van der Waals surface area contributed by atoms with Gasteiger partial charge >= 0.3 is 0 Å². The summed E-state index contributed by atoms with van der Waals surface area (Å²) in [6.45, 7) is 2.76. The first-order valence-corrected chi connectivity index (χ1v) is 10.9. The van der Waals surface area contributed by atoms with Crippen LogP contribution in [0.3, 0.4) is 0 Å². The van der Waals surface area contributed by atoms with E-state index in [2.05, 4.69) is 20.4 Å². The monoisotopic (exact) mass is 459 g/mol. The minimum Gasteiger partial charge on any atom is -0.493 e. The molecule has 0 bridgehead atoms. The van der Waals surface area contributed by atoms with Crippen molar-refractivity contribution in [2.45, 2.75) is 26.3 Å². The van der Waals surface area contributed by atoms with Gasteiger partial charge in [0.05, 0.1) is 32.2 Å². The van der Waals surface area contributed by atoms with Gasteiger partial charge in [-0.05, 0) is 42.8 Å². The molecule has 2 amide bonds. The van der Waals surface area contributed by atoms with Crippen molar-refractivity contribution in [1.82, 2.24) is 15.0 Å². The van der Waals surface area contributed by atoms with Gasteiger partial charge in [-0.15, -0.1) is 0 Å². The Labute approximate surface area is 197 Å². The van der Waals surface area contributed by atoms with E-state index in [4.69, 9.17) is 9.47 Å². The lowest BCUT2D eigenvalue weighted by atomic mass is 10.0. The number of carbonyl (C=O) groups excluding carboxylic acids is 2. The molecule has 2 aromatic carbocycles. The van der Waals surface area contributed by atoms with Gasteiger partial charge in [-0.3, -0.25) is 14.6 Å². The molecular weight excluding hydrogens is 434 g/mol. The van der Waals surface area contributed by atoms with Crippen LogP contribution in [0.15, 0.2) is 66.2 Å². The van der Waals surface area contributed by atoms with Gasteiger partial charge in [0.1, 0.15) is 5.69 Å². The van der Waals surface area contributed by atoms with Crippen molar-refractivity contribution in [2.24, 2.45) is 5.10 Å². The third-order valence-corrected chi connectivity index (χ3v) is 5.24. The van der Waals surface area contributed by atoms with Crippen molar-refractivity contribution >= 4 is 23.2 Å². The number of hydrazone groups is 1. The molecule has 0 unspecified atom stereocenters. The Balaban J connectivity index is 1.46. The lowest BCUT2D eigenvalue weighted by molar-refractivity contribution is -0.132. The normalized spacial score (nSPS) is 13.3. The quantitative estimate of drug-likeness (QED) is 0.551. The molecule has 0 spiro atoms. The van der Waals surface area contributed by atoms with Crippen molar-refractivity contribution in [1.29, 1.82) is 0 Å². The number of nitrogens with zero attached hydrogens (tertiary/aromatic N) is 4. The highest BCUT2D eigenvalue weighted by molar-refractivity contribution is 6.04. The van der Waals surface area contributed by atoms with Crippen molar-refractivity contribution in [3.8, 4) is 11.5 Å². The van der Waals surface area contributed by atoms with Gasteiger partial charge in [0.25, 0.3) is 5.91 Å². The summed E-state index contributed by atoms with van der Waals surface area (Å²) >= 11 is 0. The Morgan fingerprint density at radius 3 is 2.62 bits per heavy atom. The third-order valence-electron chi connectivity index (χ3n) is 5.24. The van der Waals surface area contributed by atoms with Crippen LogP contribution in [-0.2, 0) is 11.3 Å². The highest BCUT2D eigenvalue weighted by Crippen LogP contribution is 2.30. The molecule has 2 heterocycles. The Morgan fingerprint density at radius 1 is 1.09 bits per heavy atom. The second kappa shape index (κ2) is 10.6. The second-order valence-corrected chi connectivity index (χ2v) is 7.54. The van der Waals surface area contributed by atoms with Gasteiger partial charge in [0, 0.05) is 36.5 Å². The number of aromatic nitrogens is 2. The fraction of sp³-hybridized carbons (Fsp3) is 0.240. The first-order chi connectivity index (χ1) is 16.6. The van der Waals surface area contributed by atoms with Gasteiger partial charge in [0.15, 0.2) is 11.5 Å². The van der Waals surface area contributed by atoms with Crippen LogP contribution in [0.5, 0.6) is 11.5 Å². The number of hydrogen-bond donors (Lipinski definition) is 1. The smallest absolute Gasteiger partial charge is 0.275 e. The average Bonchev–Trinajstić information content (AvgIpc) is 2.87. The number of nitrogens with one attached hydrogen (secondary N) is 1. The van der Waals surface area contributed by atoms with E-state index in [1.165, 1.54) is 23.6 Å². The standard InChI is InChI=1S/C25H25N5O4/c1-3-34-23-14-18(6-10-22(23)33-2)20-9-11-24(31)30(29-20)16-17-4-7-19(8-5-17)28-25(32)21-15-26-12-13-27-21/h4-8,10,12-15H,3,9,11,16H2,1-2H3,(H,28,32). The summed E-state index contributed by atoms with van der Waals surface area (Å²) in [5.41, 5.74) is 3.45. The van der Waals surface area contributed by atoms with E-state index < -0.39 is 0 Å². The summed E-state index contributed by atoms with van der Waals surface area (Å²) in [5, 5.41) is 8.88. The molecule has 1 aromatic heterocycles. The van der Waals surface area contributed by atoms with E-state index >= 15 is 0 Å². The molecule has 0 saturated carbocycles.